The summed E-state index contributed by atoms with van der Waals surface area (Å²) < 4.78 is 24.1. The van der Waals surface area contributed by atoms with Crippen LogP contribution in [0.3, 0.4) is 0 Å². The number of hydrogen-bond donors (Lipinski definition) is 3. The van der Waals surface area contributed by atoms with Gasteiger partial charge in [-0.05, 0) is 43.4 Å². The molecule has 120 valence electrons. The first-order chi connectivity index (χ1) is 10.5. The summed E-state index contributed by atoms with van der Waals surface area (Å²) in [5.41, 5.74) is 1.59. The third kappa shape index (κ3) is 4.98. The molecule has 0 atom stereocenters. The average molecular weight is 311 g/mol. The second kappa shape index (κ2) is 7.20. The molecule has 0 aliphatic heterocycles. The van der Waals surface area contributed by atoms with Crippen molar-refractivity contribution in [1.29, 1.82) is 0 Å². The number of amides is 3. The van der Waals surface area contributed by atoms with Gasteiger partial charge in [0.15, 0.2) is 0 Å². The van der Waals surface area contributed by atoms with Gasteiger partial charge >= 0.3 is 6.03 Å². The number of hydrogen-bond acceptors (Lipinski definition) is 2. The number of carbonyl (C=O) groups excluding carboxylic acids is 2. The van der Waals surface area contributed by atoms with Crippen molar-refractivity contribution in [3.05, 3.63) is 29.3 Å². The fraction of sp³-hybridized carbons (Fsp3) is 0.467. The Kier molecular flexibility index (Phi) is 5.30. The van der Waals surface area contributed by atoms with Crippen molar-refractivity contribution in [3.63, 3.8) is 0 Å². The highest BCUT2D eigenvalue weighted by atomic mass is 19.3. The van der Waals surface area contributed by atoms with Crippen LogP contribution in [-0.2, 0) is 0 Å². The van der Waals surface area contributed by atoms with Crippen molar-refractivity contribution in [3.8, 4) is 0 Å². The number of alkyl halides is 2. The Hall–Kier alpha value is -2.18. The van der Waals surface area contributed by atoms with E-state index in [2.05, 4.69) is 16.0 Å². The predicted octanol–water partition coefficient (Wildman–Crippen LogP) is 2.52. The van der Waals surface area contributed by atoms with Gasteiger partial charge in [0.1, 0.15) is 0 Å². The van der Waals surface area contributed by atoms with E-state index in [1.165, 1.54) is 0 Å². The lowest BCUT2D eigenvalue weighted by Gasteiger charge is -2.11. The first-order valence-electron chi connectivity index (χ1n) is 7.17. The van der Waals surface area contributed by atoms with Crippen molar-refractivity contribution >= 4 is 17.6 Å². The summed E-state index contributed by atoms with van der Waals surface area (Å²) in [5.74, 6) is 0.370. The van der Waals surface area contributed by atoms with Gasteiger partial charge in [0.2, 0.25) is 0 Å². The maximum absolute atomic E-state index is 12.0. The Labute approximate surface area is 127 Å². The van der Waals surface area contributed by atoms with Crippen LogP contribution in [0.5, 0.6) is 0 Å². The van der Waals surface area contributed by atoms with Crippen LogP contribution in [0.4, 0.5) is 19.3 Å². The zero-order valence-corrected chi connectivity index (χ0v) is 12.3. The maximum atomic E-state index is 12.0. The van der Waals surface area contributed by atoms with Crippen molar-refractivity contribution < 1.29 is 18.4 Å². The lowest BCUT2D eigenvalue weighted by Crippen LogP contribution is -2.33. The molecule has 7 heteroatoms. The summed E-state index contributed by atoms with van der Waals surface area (Å²) in [6.07, 6.45) is -0.317. The van der Waals surface area contributed by atoms with Gasteiger partial charge in [-0.3, -0.25) is 4.79 Å². The molecular weight excluding hydrogens is 292 g/mol. The minimum atomic E-state index is -2.61. The Balaban J connectivity index is 1.96. The number of anilines is 1. The van der Waals surface area contributed by atoms with Crippen LogP contribution >= 0.6 is 0 Å². The van der Waals surface area contributed by atoms with Crippen LogP contribution in [0.25, 0.3) is 0 Å². The highest BCUT2D eigenvalue weighted by Crippen LogP contribution is 2.27. The molecule has 0 heterocycles. The van der Waals surface area contributed by atoms with Crippen molar-refractivity contribution in [2.24, 2.45) is 5.92 Å². The van der Waals surface area contributed by atoms with E-state index in [0.29, 0.717) is 23.7 Å². The summed E-state index contributed by atoms with van der Waals surface area (Å²) in [7, 11) is 0. The Morgan fingerprint density at radius 3 is 2.64 bits per heavy atom. The van der Waals surface area contributed by atoms with Gasteiger partial charge in [-0.25, -0.2) is 13.6 Å². The highest BCUT2D eigenvalue weighted by molar-refractivity contribution is 5.97. The van der Waals surface area contributed by atoms with E-state index in [1.807, 2.05) is 0 Å². The monoisotopic (exact) mass is 311 g/mol. The molecule has 0 saturated heterocycles. The van der Waals surface area contributed by atoms with E-state index in [0.717, 1.165) is 18.4 Å². The second-order valence-corrected chi connectivity index (χ2v) is 5.41. The SMILES string of the molecule is Cc1ccc(C(=O)NCC2CC2)cc1NC(=O)NCC(F)F. The first-order valence-corrected chi connectivity index (χ1v) is 7.17. The van der Waals surface area contributed by atoms with Crippen LogP contribution in [0, 0.1) is 12.8 Å². The third-order valence-electron chi connectivity index (χ3n) is 3.41. The number of carbonyl (C=O) groups is 2. The first kappa shape index (κ1) is 16.2. The minimum absolute atomic E-state index is 0.206. The van der Waals surface area contributed by atoms with Crippen LogP contribution in [0.1, 0.15) is 28.8 Å². The number of benzene rings is 1. The quantitative estimate of drug-likeness (QED) is 0.755. The van der Waals surface area contributed by atoms with E-state index in [4.69, 9.17) is 0 Å². The van der Waals surface area contributed by atoms with Crippen molar-refractivity contribution in [1.82, 2.24) is 10.6 Å². The summed E-state index contributed by atoms with van der Waals surface area (Å²) in [6.45, 7) is 1.70. The van der Waals surface area contributed by atoms with Gasteiger partial charge in [0, 0.05) is 17.8 Å². The number of urea groups is 1. The molecule has 0 unspecified atom stereocenters. The van der Waals surface area contributed by atoms with Crippen LogP contribution < -0.4 is 16.0 Å². The molecule has 22 heavy (non-hydrogen) atoms. The molecule has 0 bridgehead atoms. The summed E-state index contributed by atoms with van der Waals surface area (Å²) in [6, 6.07) is 4.19. The fourth-order valence-corrected chi connectivity index (χ4v) is 1.90. The zero-order chi connectivity index (χ0) is 16.1. The molecular formula is C15H19F2N3O2. The molecule has 3 N–H and O–H groups in total. The van der Waals surface area contributed by atoms with Gasteiger partial charge in [-0.2, -0.15) is 0 Å². The molecule has 0 spiro atoms. The summed E-state index contributed by atoms with van der Waals surface area (Å²) in [4.78, 5) is 23.5. The van der Waals surface area contributed by atoms with Crippen molar-refractivity contribution in [2.45, 2.75) is 26.2 Å². The molecule has 1 fully saturated rings. The molecule has 3 amide bonds. The normalized spacial score (nSPS) is 13.8. The maximum Gasteiger partial charge on any atom is 0.319 e. The van der Waals surface area contributed by atoms with Crippen LogP contribution in [-0.4, -0.2) is 31.5 Å². The Bertz CT molecular complexity index is 560. The fourth-order valence-electron chi connectivity index (χ4n) is 1.90. The zero-order valence-electron chi connectivity index (χ0n) is 12.3. The lowest BCUT2D eigenvalue weighted by atomic mass is 10.1. The molecule has 5 nitrogen and oxygen atoms in total. The van der Waals surface area contributed by atoms with Crippen LogP contribution in [0.15, 0.2) is 18.2 Å². The lowest BCUT2D eigenvalue weighted by molar-refractivity contribution is 0.0951. The Morgan fingerprint density at radius 1 is 1.27 bits per heavy atom. The largest absolute Gasteiger partial charge is 0.352 e. The summed E-state index contributed by atoms with van der Waals surface area (Å²) >= 11 is 0. The molecule has 1 saturated carbocycles. The number of rotatable bonds is 6. The number of nitrogens with one attached hydrogen (secondary N) is 3. The minimum Gasteiger partial charge on any atom is -0.352 e. The molecule has 2 rings (SSSR count). The van der Waals surface area contributed by atoms with E-state index in [9.17, 15) is 18.4 Å². The van der Waals surface area contributed by atoms with E-state index >= 15 is 0 Å². The average Bonchev–Trinajstić information content (AvgIpc) is 3.29. The molecule has 1 aromatic rings. The van der Waals surface area contributed by atoms with E-state index < -0.39 is 19.0 Å². The molecule has 0 aromatic heterocycles. The number of halogens is 2. The van der Waals surface area contributed by atoms with Gasteiger partial charge in [0.05, 0.1) is 6.54 Å². The smallest absolute Gasteiger partial charge is 0.319 e. The van der Waals surface area contributed by atoms with Crippen LogP contribution in [0.2, 0.25) is 0 Å². The third-order valence-corrected chi connectivity index (χ3v) is 3.41. The number of aryl methyl sites for hydroxylation is 1. The molecule has 1 aromatic carbocycles. The van der Waals surface area contributed by atoms with Crippen molar-refractivity contribution in [2.75, 3.05) is 18.4 Å². The molecule has 1 aliphatic rings. The Morgan fingerprint density at radius 2 is 2.00 bits per heavy atom. The van der Waals surface area contributed by atoms with Gasteiger partial charge < -0.3 is 16.0 Å². The summed E-state index contributed by atoms with van der Waals surface area (Å²) in [5, 5.41) is 7.36. The van der Waals surface area contributed by atoms with Gasteiger partial charge in [-0.1, -0.05) is 6.07 Å². The van der Waals surface area contributed by atoms with Gasteiger partial charge in [-0.15, -0.1) is 0 Å². The second-order valence-electron chi connectivity index (χ2n) is 5.41. The topological polar surface area (TPSA) is 70.2 Å². The van der Waals surface area contributed by atoms with Gasteiger partial charge in [0.25, 0.3) is 12.3 Å². The molecule has 0 radical (unpaired) electrons. The van der Waals surface area contributed by atoms with E-state index in [-0.39, 0.29) is 5.91 Å². The predicted molar refractivity (Wildman–Crippen MR) is 79.3 cm³/mol. The standard InChI is InChI=1S/C15H19F2N3O2/c1-9-2-5-11(14(21)18-7-10-3-4-10)6-12(9)20-15(22)19-8-13(16)17/h2,5-6,10,13H,3-4,7-8H2,1H3,(H,18,21)(H2,19,20,22). The molecule has 1 aliphatic carbocycles. The van der Waals surface area contributed by atoms with E-state index in [1.54, 1.807) is 25.1 Å². The highest BCUT2D eigenvalue weighted by Gasteiger charge is 2.22.